The van der Waals surface area contributed by atoms with E-state index in [2.05, 4.69) is 60.1 Å². The lowest BCUT2D eigenvalue weighted by molar-refractivity contribution is -0.130. The van der Waals surface area contributed by atoms with Crippen LogP contribution in [0.3, 0.4) is 0 Å². The Balaban J connectivity index is 1.53. The molecule has 1 aliphatic rings. The van der Waals surface area contributed by atoms with Crippen molar-refractivity contribution in [1.82, 2.24) is 9.88 Å². The van der Waals surface area contributed by atoms with Crippen molar-refractivity contribution in [2.75, 3.05) is 31.1 Å². The second-order valence-corrected chi connectivity index (χ2v) is 7.13. The van der Waals surface area contributed by atoms with Gasteiger partial charge in [0.1, 0.15) is 5.82 Å². The zero-order chi connectivity index (χ0) is 17.8. The van der Waals surface area contributed by atoms with Crippen molar-refractivity contribution < 1.29 is 4.79 Å². The number of benzene rings is 1. The molecule has 3 rings (SSSR count). The summed E-state index contributed by atoms with van der Waals surface area (Å²) in [4.78, 5) is 21.3. The molecule has 0 aliphatic carbocycles. The number of carbonyl (C=O) groups excluding carboxylic acids is 1. The number of anilines is 1. The van der Waals surface area contributed by atoms with Crippen molar-refractivity contribution in [1.29, 1.82) is 0 Å². The average Bonchev–Trinajstić information content (AvgIpc) is 2.63. The summed E-state index contributed by atoms with van der Waals surface area (Å²) in [5, 5.41) is 0. The van der Waals surface area contributed by atoms with Gasteiger partial charge >= 0.3 is 0 Å². The minimum Gasteiger partial charge on any atom is -0.353 e. The van der Waals surface area contributed by atoms with Crippen LogP contribution in [0.2, 0.25) is 0 Å². The number of nitrogens with zero attached hydrogens (tertiary/aromatic N) is 3. The summed E-state index contributed by atoms with van der Waals surface area (Å²) >= 11 is 0. The summed E-state index contributed by atoms with van der Waals surface area (Å²) in [5.74, 6) is 1.74. The molecule has 0 bridgehead atoms. The molecule has 0 atom stereocenters. The van der Waals surface area contributed by atoms with Crippen LogP contribution in [-0.2, 0) is 11.2 Å². The van der Waals surface area contributed by atoms with E-state index >= 15 is 0 Å². The summed E-state index contributed by atoms with van der Waals surface area (Å²) in [7, 11) is 0. The fourth-order valence-corrected chi connectivity index (χ4v) is 3.14. The number of carbonyl (C=O) groups is 1. The van der Waals surface area contributed by atoms with Crippen LogP contribution in [0.25, 0.3) is 0 Å². The molecule has 1 saturated heterocycles. The smallest absolute Gasteiger partial charge is 0.227 e. The molecule has 4 nitrogen and oxygen atoms in total. The molecule has 25 heavy (non-hydrogen) atoms. The topological polar surface area (TPSA) is 36.4 Å². The van der Waals surface area contributed by atoms with Crippen LogP contribution in [-0.4, -0.2) is 42.0 Å². The molecule has 1 aromatic heterocycles. The first-order chi connectivity index (χ1) is 12.0. The van der Waals surface area contributed by atoms with Crippen molar-refractivity contribution in [3.63, 3.8) is 0 Å². The maximum atomic E-state index is 12.6. The number of pyridine rings is 1. The summed E-state index contributed by atoms with van der Waals surface area (Å²) in [6.45, 7) is 9.62. The first-order valence-electron chi connectivity index (χ1n) is 9.07. The molecule has 132 valence electrons. The van der Waals surface area contributed by atoms with E-state index in [1.165, 1.54) is 11.1 Å². The maximum Gasteiger partial charge on any atom is 0.227 e. The number of amides is 1. The largest absolute Gasteiger partial charge is 0.353 e. The van der Waals surface area contributed by atoms with Gasteiger partial charge in [0.25, 0.3) is 0 Å². The molecular formula is C21H27N3O. The molecule has 0 unspecified atom stereocenters. The summed E-state index contributed by atoms with van der Waals surface area (Å²) in [6, 6.07) is 12.6. The molecule has 2 heterocycles. The molecule has 1 aromatic carbocycles. The third kappa shape index (κ3) is 4.38. The highest BCUT2D eigenvalue weighted by Gasteiger charge is 2.21. The highest BCUT2D eigenvalue weighted by Crippen LogP contribution is 2.17. The lowest BCUT2D eigenvalue weighted by Crippen LogP contribution is -2.49. The molecule has 0 saturated carbocycles. The molecule has 4 heteroatoms. The average molecular weight is 337 g/mol. The molecular weight excluding hydrogens is 310 g/mol. The molecule has 0 spiro atoms. The minimum absolute atomic E-state index is 0.216. The van der Waals surface area contributed by atoms with Gasteiger partial charge in [0, 0.05) is 32.4 Å². The minimum atomic E-state index is 0.216. The maximum absolute atomic E-state index is 12.6. The Kier molecular flexibility index (Phi) is 5.37. The van der Waals surface area contributed by atoms with Crippen molar-refractivity contribution in [2.24, 2.45) is 0 Å². The number of piperazine rings is 1. The molecule has 0 N–H and O–H groups in total. The number of hydrogen-bond donors (Lipinski definition) is 0. The van der Waals surface area contributed by atoms with Crippen LogP contribution in [0.1, 0.15) is 36.5 Å². The van der Waals surface area contributed by atoms with Gasteiger partial charge in [0.15, 0.2) is 0 Å². The fraction of sp³-hybridized carbons (Fsp3) is 0.429. The van der Waals surface area contributed by atoms with Crippen molar-refractivity contribution in [2.45, 2.75) is 33.1 Å². The van der Waals surface area contributed by atoms with Crippen LogP contribution in [0.4, 0.5) is 5.82 Å². The predicted octanol–water partition coefficient (Wildman–Crippen LogP) is 3.40. The SMILES string of the molecule is Cc1ccc(N2CCN(C(=O)Cc3ccc(C(C)C)cc3)CC2)nc1. The van der Waals surface area contributed by atoms with Crippen LogP contribution in [0.15, 0.2) is 42.6 Å². The van der Waals surface area contributed by atoms with Crippen LogP contribution in [0.5, 0.6) is 0 Å². The first kappa shape index (κ1) is 17.5. The van der Waals surface area contributed by atoms with Gasteiger partial charge in [-0.1, -0.05) is 44.2 Å². The quantitative estimate of drug-likeness (QED) is 0.858. The second kappa shape index (κ2) is 7.68. The van der Waals surface area contributed by atoms with E-state index < -0.39 is 0 Å². The normalized spacial score (nSPS) is 14.9. The van der Waals surface area contributed by atoms with Crippen molar-refractivity contribution >= 4 is 11.7 Å². The van der Waals surface area contributed by atoms with Gasteiger partial charge in [-0.05, 0) is 35.6 Å². The fourth-order valence-electron chi connectivity index (χ4n) is 3.14. The monoisotopic (exact) mass is 337 g/mol. The lowest BCUT2D eigenvalue weighted by Gasteiger charge is -2.35. The summed E-state index contributed by atoms with van der Waals surface area (Å²) < 4.78 is 0. The first-order valence-corrected chi connectivity index (χ1v) is 9.07. The third-order valence-electron chi connectivity index (χ3n) is 4.85. The molecule has 1 fully saturated rings. The number of aromatic nitrogens is 1. The van der Waals surface area contributed by atoms with Gasteiger partial charge < -0.3 is 9.80 Å². The molecule has 1 amide bonds. The number of aryl methyl sites for hydroxylation is 1. The van der Waals surface area contributed by atoms with Crippen molar-refractivity contribution in [3.05, 3.63) is 59.3 Å². The summed E-state index contributed by atoms with van der Waals surface area (Å²) in [6.07, 6.45) is 2.38. The standard InChI is InChI=1S/C21H27N3O/c1-16(2)19-7-5-18(6-8-19)14-21(25)24-12-10-23(11-13-24)20-9-4-17(3)15-22-20/h4-9,15-16H,10-14H2,1-3H3. The van der Waals surface area contributed by atoms with Crippen molar-refractivity contribution in [3.8, 4) is 0 Å². The Morgan fingerprint density at radius 3 is 2.28 bits per heavy atom. The van der Waals surface area contributed by atoms with E-state index in [1.807, 2.05) is 18.0 Å². The van der Waals surface area contributed by atoms with Gasteiger partial charge in [-0.25, -0.2) is 4.98 Å². The highest BCUT2D eigenvalue weighted by atomic mass is 16.2. The Morgan fingerprint density at radius 2 is 1.72 bits per heavy atom. The molecule has 0 radical (unpaired) electrons. The van der Waals surface area contributed by atoms with E-state index in [4.69, 9.17) is 0 Å². The van der Waals surface area contributed by atoms with Gasteiger partial charge in [0.2, 0.25) is 5.91 Å². The van der Waals surface area contributed by atoms with Crippen LogP contribution < -0.4 is 4.90 Å². The zero-order valence-corrected chi connectivity index (χ0v) is 15.4. The van der Waals surface area contributed by atoms with E-state index in [1.54, 1.807) is 0 Å². The van der Waals surface area contributed by atoms with Crippen LogP contribution >= 0.6 is 0 Å². The second-order valence-electron chi connectivity index (χ2n) is 7.13. The summed E-state index contributed by atoms with van der Waals surface area (Å²) in [5.41, 5.74) is 3.58. The molecule has 1 aliphatic heterocycles. The predicted molar refractivity (Wildman–Crippen MR) is 102 cm³/mol. The van der Waals surface area contributed by atoms with Gasteiger partial charge in [-0.2, -0.15) is 0 Å². The van der Waals surface area contributed by atoms with E-state index in [9.17, 15) is 4.79 Å². The Morgan fingerprint density at radius 1 is 1.04 bits per heavy atom. The number of rotatable bonds is 4. The van der Waals surface area contributed by atoms with E-state index in [0.717, 1.165) is 37.6 Å². The van der Waals surface area contributed by atoms with E-state index in [0.29, 0.717) is 12.3 Å². The molecule has 2 aromatic rings. The van der Waals surface area contributed by atoms with Crippen LogP contribution in [0, 0.1) is 6.92 Å². The lowest BCUT2D eigenvalue weighted by atomic mass is 10.0. The van der Waals surface area contributed by atoms with Gasteiger partial charge in [-0.3, -0.25) is 4.79 Å². The Hall–Kier alpha value is -2.36. The number of hydrogen-bond acceptors (Lipinski definition) is 3. The third-order valence-corrected chi connectivity index (χ3v) is 4.85. The Bertz CT molecular complexity index is 699. The van der Waals surface area contributed by atoms with E-state index in [-0.39, 0.29) is 5.91 Å². The van der Waals surface area contributed by atoms with Gasteiger partial charge in [-0.15, -0.1) is 0 Å². The Labute approximate surface area is 150 Å². The zero-order valence-electron chi connectivity index (χ0n) is 15.4. The van der Waals surface area contributed by atoms with Gasteiger partial charge in [0.05, 0.1) is 6.42 Å². The highest BCUT2D eigenvalue weighted by molar-refractivity contribution is 5.79.